The monoisotopic (exact) mass is 393 g/mol. The Morgan fingerprint density at radius 2 is 1.48 bits per heavy atom. The average Bonchev–Trinajstić information content (AvgIpc) is 2.58. The van der Waals surface area contributed by atoms with Crippen LogP contribution in [0.15, 0.2) is 48.5 Å². The number of amides is 1. The lowest BCUT2D eigenvalue weighted by molar-refractivity contribution is -0.274. The third-order valence-corrected chi connectivity index (χ3v) is 3.19. The fraction of sp³-hybridized carbons (Fsp3) is 0.235. The molecular weight excluding hydrogens is 380 g/mol. The first-order chi connectivity index (χ1) is 12.6. The quantitative estimate of drug-likeness (QED) is 0.584. The van der Waals surface area contributed by atoms with Gasteiger partial charge in [-0.1, -0.05) is 12.1 Å². The highest BCUT2D eigenvalue weighted by atomic mass is 19.4. The van der Waals surface area contributed by atoms with Crippen molar-refractivity contribution < 1.29 is 40.6 Å². The van der Waals surface area contributed by atoms with E-state index >= 15 is 0 Å². The number of hydrogen-bond donors (Lipinski definition) is 1. The fourth-order valence-electron chi connectivity index (χ4n) is 2.09. The Kier molecular flexibility index (Phi) is 6.19. The lowest BCUT2D eigenvalue weighted by Crippen LogP contribution is -2.30. The first kappa shape index (κ1) is 20.4. The van der Waals surface area contributed by atoms with Crippen LogP contribution in [-0.2, 0) is 6.18 Å². The lowest BCUT2D eigenvalue weighted by Gasteiger charge is -2.13. The molecule has 0 spiro atoms. The first-order valence-electron chi connectivity index (χ1n) is 7.49. The molecule has 0 saturated carbocycles. The summed E-state index contributed by atoms with van der Waals surface area (Å²) in [5, 5.41) is 2.29. The van der Waals surface area contributed by atoms with Crippen LogP contribution in [-0.4, -0.2) is 25.4 Å². The molecule has 27 heavy (non-hydrogen) atoms. The summed E-state index contributed by atoms with van der Waals surface area (Å²) in [5.74, 6) is -1.14. The van der Waals surface area contributed by atoms with Crippen LogP contribution < -0.4 is 14.8 Å². The summed E-state index contributed by atoms with van der Waals surface area (Å²) in [6.45, 7) is -0.203. The molecule has 0 aliphatic carbocycles. The van der Waals surface area contributed by atoms with E-state index in [1.807, 2.05) is 0 Å². The average molecular weight is 393 g/mol. The molecule has 0 bridgehead atoms. The Hall–Kier alpha value is -2.91. The van der Waals surface area contributed by atoms with Crippen LogP contribution in [0.5, 0.6) is 11.5 Å². The number of ether oxygens (including phenoxy) is 2. The maximum absolute atomic E-state index is 12.9. The summed E-state index contributed by atoms with van der Waals surface area (Å²) >= 11 is 0. The second-order valence-electron chi connectivity index (χ2n) is 5.17. The molecule has 0 saturated heterocycles. The predicted octanol–water partition coefficient (Wildman–Crippen LogP) is 4.41. The van der Waals surface area contributed by atoms with E-state index in [1.165, 1.54) is 24.3 Å². The Balaban J connectivity index is 1.84. The van der Waals surface area contributed by atoms with Crippen LogP contribution in [0.3, 0.4) is 0 Å². The molecule has 0 unspecified atom stereocenters. The SMILES string of the molecule is O=C(NCCOc1ccc(OC(F)(F)F)cc1)c1ccccc1C(F)(F)F. The number of benzene rings is 2. The van der Waals surface area contributed by atoms with Gasteiger partial charge in [-0.2, -0.15) is 13.2 Å². The van der Waals surface area contributed by atoms with Crippen molar-refractivity contribution in [3.63, 3.8) is 0 Å². The number of carbonyl (C=O) groups excluding carboxylic acids is 1. The molecule has 0 atom stereocenters. The number of hydrogen-bond acceptors (Lipinski definition) is 3. The molecule has 2 aromatic rings. The lowest BCUT2D eigenvalue weighted by atomic mass is 10.1. The van der Waals surface area contributed by atoms with Gasteiger partial charge in [0.15, 0.2) is 0 Å². The van der Waals surface area contributed by atoms with Crippen molar-refractivity contribution >= 4 is 5.91 Å². The number of carbonyl (C=O) groups is 1. The molecule has 1 N–H and O–H groups in total. The van der Waals surface area contributed by atoms with E-state index in [2.05, 4.69) is 10.1 Å². The summed E-state index contributed by atoms with van der Waals surface area (Å²) in [4.78, 5) is 11.9. The van der Waals surface area contributed by atoms with Gasteiger partial charge in [0.1, 0.15) is 18.1 Å². The molecule has 0 fully saturated rings. The van der Waals surface area contributed by atoms with E-state index in [0.717, 1.165) is 24.3 Å². The maximum atomic E-state index is 12.9. The minimum atomic E-state index is -4.81. The molecule has 4 nitrogen and oxygen atoms in total. The molecule has 0 aliphatic heterocycles. The molecule has 10 heteroatoms. The summed E-state index contributed by atoms with van der Waals surface area (Å²) in [6.07, 6.45) is -9.47. The van der Waals surface area contributed by atoms with Crippen molar-refractivity contribution in [3.8, 4) is 11.5 Å². The van der Waals surface area contributed by atoms with Gasteiger partial charge >= 0.3 is 12.5 Å². The third-order valence-electron chi connectivity index (χ3n) is 3.19. The van der Waals surface area contributed by atoms with E-state index in [9.17, 15) is 31.1 Å². The predicted molar refractivity (Wildman–Crippen MR) is 82.4 cm³/mol. The topological polar surface area (TPSA) is 47.6 Å². The van der Waals surface area contributed by atoms with Crippen molar-refractivity contribution in [2.75, 3.05) is 13.2 Å². The van der Waals surface area contributed by atoms with Gasteiger partial charge in [0.25, 0.3) is 5.91 Å². The summed E-state index contributed by atoms with van der Waals surface area (Å²) in [7, 11) is 0. The van der Waals surface area contributed by atoms with Crippen molar-refractivity contribution in [1.82, 2.24) is 5.32 Å². The zero-order valence-electron chi connectivity index (χ0n) is 13.5. The van der Waals surface area contributed by atoms with Crippen LogP contribution in [0.1, 0.15) is 15.9 Å². The Labute approximate surface area is 149 Å². The van der Waals surface area contributed by atoms with Gasteiger partial charge in [0.2, 0.25) is 0 Å². The van der Waals surface area contributed by atoms with Crippen LogP contribution >= 0.6 is 0 Å². The normalized spacial score (nSPS) is 11.8. The number of nitrogens with one attached hydrogen (secondary N) is 1. The van der Waals surface area contributed by atoms with E-state index in [4.69, 9.17) is 4.74 Å². The second kappa shape index (κ2) is 8.19. The van der Waals surface area contributed by atoms with Gasteiger partial charge in [0.05, 0.1) is 17.7 Å². The summed E-state index contributed by atoms with van der Waals surface area (Å²) in [6, 6.07) is 8.88. The van der Waals surface area contributed by atoms with Gasteiger partial charge in [-0.3, -0.25) is 4.79 Å². The molecule has 146 valence electrons. The second-order valence-corrected chi connectivity index (χ2v) is 5.17. The van der Waals surface area contributed by atoms with Gasteiger partial charge < -0.3 is 14.8 Å². The van der Waals surface area contributed by atoms with Gasteiger partial charge in [-0.05, 0) is 36.4 Å². The molecule has 2 rings (SSSR count). The van der Waals surface area contributed by atoms with Crippen LogP contribution in [0.25, 0.3) is 0 Å². The molecular formula is C17H13F6NO3. The minimum Gasteiger partial charge on any atom is -0.492 e. The molecule has 2 aromatic carbocycles. The molecule has 0 radical (unpaired) electrons. The fourth-order valence-corrected chi connectivity index (χ4v) is 2.09. The summed E-state index contributed by atoms with van der Waals surface area (Å²) in [5.41, 5.74) is -1.57. The molecule has 1 amide bonds. The first-order valence-corrected chi connectivity index (χ1v) is 7.49. The Morgan fingerprint density at radius 1 is 0.889 bits per heavy atom. The van der Waals surface area contributed by atoms with Gasteiger partial charge in [-0.15, -0.1) is 13.2 Å². The van der Waals surface area contributed by atoms with E-state index in [-0.39, 0.29) is 18.9 Å². The number of halogens is 6. The molecule has 0 heterocycles. The minimum absolute atomic E-state index is 0.0978. The zero-order valence-corrected chi connectivity index (χ0v) is 13.5. The van der Waals surface area contributed by atoms with Gasteiger partial charge in [-0.25, -0.2) is 0 Å². The molecule has 0 aromatic heterocycles. The highest BCUT2D eigenvalue weighted by Gasteiger charge is 2.34. The van der Waals surface area contributed by atoms with Crippen LogP contribution in [0.2, 0.25) is 0 Å². The highest BCUT2D eigenvalue weighted by Crippen LogP contribution is 2.31. The Morgan fingerprint density at radius 3 is 2.07 bits per heavy atom. The van der Waals surface area contributed by atoms with E-state index in [1.54, 1.807) is 0 Å². The smallest absolute Gasteiger partial charge is 0.492 e. The maximum Gasteiger partial charge on any atom is 0.573 e. The molecule has 0 aliphatic rings. The van der Waals surface area contributed by atoms with Crippen molar-refractivity contribution in [1.29, 1.82) is 0 Å². The van der Waals surface area contributed by atoms with Crippen molar-refractivity contribution in [2.24, 2.45) is 0 Å². The highest BCUT2D eigenvalue weighted by molar-refractivity contribution is 5.95. The Bertz CT molecular complexity index is 771. The standard InChI is InChI=1S/C17H13F6NO3/c18-16(19,20)14-4-2-1-3-13(14)15(25)24-9-10-26-11-5-7-12(8-6-11)27-17(21,22)23/h1-8H,9-10H2,(H,24,25). The van der Waals surface area contributed by atoms with Crippen molar-refractivity contribution in [2.45, 2.75) is 12.5 Å². The number of alkyl halides is 6. The number of rotatable bonds is 6. The van der Waals surface area contributed by atoms with E-state index in [0.29, 0.717) is 0 Å². The largest absolute Gasteiger partial charge is 0.573 e. The van der Waals surface area contributed by atoms with Crippen LogP contribution in [0, 0.1) is 0 Å². The third kappa shape index (κ3) is 6.39. The van der Waals surface area contributed by atoms with Crippen LogP contribution in [0.4, 0.5) is 26.3 Å². The zero-order chi connectivity index (χ0) is 20.1. The van der Waals surface area contributed by atoms with E-state index < -0.39 is 35.3 Å². The van der Waals surface area contributed by atoms with Crippen molar-refractivity contribution in [3.05, 3.63) is 59.7 Å². The summed E-state index contributed by atoms with van der Waals surface area (Å²) < 4.78 is 83.6. The van der Waals surface area contributed by atoms with Gasteiger partial charge in [0, 0.05) is 0 Å².